The maximum absolute atomic E-state index is 11.4. The van der Waals surface area contributed by atoms with Gasteiger partial charge in [0.25, 0.3) is 0 Å². The first kappa shape index (κ1) is 16.9. The number of hydrogen-bond donors (Lipinski definition) is 1. The molecule has 0 saturated carbocycles. The molecule has 0 fully saturated rings. The topological polar surface area (TPSA) is 43.1 Å². The highest BCUT2D eigenvalue weighted by Gasteiger charge is 2.12. The molecule has 104 valence electrons. The van der Waals surface area contributed by atoms with Crippen LogP contribution in [-0.4, -0.2) is 37.6 Å². The number of unbranched alkanes of at least 4 members (excludes halogenated alkanes) is 3. The number of carbonyl (C=O) groups excluding carboxylic acids is 1. The van der Waals surface area contributed by atoms with Crippen LogP contribution in [0.5, 0.6) is 0 Å². The molecule has 0 bridgehead atoms. The second kappa shape index (κ2) is 8.92. The van der Waals surface area contributed by atoms with Crippen LogP contribution in [0, 0.1) is 0 Å². The van der Waals surface area contributed by atoms with Crippen molar-refractivity contribution < 1.29 is 9.28 Å². The van der Waals surface area contributed by atoms with E-state index >= 15 is 0 Å². The van der Waals surface area contributed by atoms with Crippen LogP contribution in [0.2, 0.25) is 0 Å². The van der Waals surface area contributed by atoms with Gasteiger partial charge in [0.2, 0.25) is 5.91 Å². The van der Waals surface area contributed by atoms with Crippen LogP contribution in [0.25, 0.3) is 0 Å². The number of nitrogens with two attached hydrogens (primary N) is 1. The van der Waals surface area contributed by atoms with Crippen molar-refractivity contribution in [1.82, 2.24) is 0 Å². The number of quaternary nitrogens is 1. The zero-order valence-electron chi connectivity index (χ0n) is 12.2. The summed E-state index contributed by atoms with van der Waals surface area (Å²) < 4.78 is 0.801. The molecule has 0 aliphatic rings. The van der Waals surface area contributed by atoms with Gasteiger partial charge in [-0.2, -0.15) is 0 Å². The van der Waals surface area contributed by atoms with Gasteiger partial charge < -0.3 is 10.2 Å². The van der Waals surface area contributed by atoms with Gasteiger partial charge in [0, 0.05) is 5.57 Å². The maximum atomic E-state index is 11.4. The van der Waals surface area contributed by atoms with E-state index < -0.39 is 0 Å². The highest BCUT2D eigenvalue weighted by atomic mass is 16.1. The van der Waals surface area contributed by atoms with Crippen LogP contribution in [0.1, 0.15) is 39.0 Å². The van der Waals surface area contributed by atoms with E-state index in [0.29, 0.717) is 0 Å². The second-order valence-corrected chi connectivity index (χ2v) is 5.49. The third-order valence-corrected chi connectivity index (χ3v) is 3.07. The summed E-state index contributed by atoms with van der Waals surface area (Å²) in [5.41, 5.74) is 6.20. The van der Waals surface area contributed by atoms with E-state index in [9.17, 15) is 4.79 Å². The second-order valence-electron chi connectivity index (χ2n) is 5.49. The van der Waals surface area contributed by atoms with E-state index in [1.807, 2.05) is 12.2 Å². The SMILES string of the molecule is C=CC[N+](C)(C)CC=C(CCCCCC)C(N)=O. The Balaban J connectivity index is 4.32. The molecule has 0 rings (SSSR count). The van der Waals surface area contributed by atoms with Gasteiger partial charge in [0.1, 0.15) is 0 Å². The molecule has 0 unspecified atom stereocenters. The molecule has 1 amide bonds. The molecule has 0 heterocycles. The van der Waals surface area contributed by atoms with Crippen molar-refractivity contribution in [2.75, 3.05) is 27.2 Å². The average molecular weight is 253 g/mol. The molecule has 2 N–H and O–H groups in total. The minimum Gasteiger partial charge on any atom is -0.366 e. The molecule has 3 heteroatoms. The van der Waals surface area contributed by atoms with Crippen molar-refractivity contribution in [3.05, 3.63) is 24.3 Å². The Morgan fingerprint density at radius 3 is 2.39 bits per heavy atom. The lowest BCUT2D eigenvalue weighted by Crippen LogP contribution is -2.40. The van der Waals surface area contributed by atoms with Gasteiger partial charge in [-0.3, -0.25) is 4.79 Å². The predicted octanol–water partition coefficient (Wildman–Crippen LogP) is 2.63. The highest BCUT2D eigenvalue weighted by Crippen LogP contribution is 2.11. The van der Waals surface area contributed by atoms with E-state index in [2.05, 4.69) is 27.6 Å². The molecule has 18 heavy (non-hydrogen) atoms. The van der Waals surface area contributed by atoms with Gasteiger partial charge in [0.15, 0.2) is 0 Å². The molecule has 0 aliphatic carbocycles. The molecule has 0 aromatic heterocycles. The van der Waals surface area contributed by atoms with Crippen LogP contribution >= 0.6 is 0 Å². The molecule has 0 atom stereocenters. The summed E-state index contributed by atoms with van der Waals surface area (Å²) in [7, 11) is 4.24. The minimum atomic E-state index is -0.273. The Bertz CT molecular complexity index is 293. The lowest BCUT2D eigenvalue weighted by atomic mass is 10.1. The number of primary amides is 1. The van der Waals surface area contributed by atoms with Crippen LogP contribution in [0.4, 0.5) is 0 Å². The van der Waals surface area contributed by atoms with Gasteiger partial charge in [-0.1, -0.05) is 32.8 Å². The predicted molar refractivity (Wildman–Crippen MR) is 78.1 cm³/mol. The number of carbonyl (C=O) groups is 1. The number of likely N-dealkylation sites (N-methyl/N-ethyl adjacent to an activating group) is 1. The normalized spacial score (nSPS) is 12.5. The molecule has 3 nitrogen and oxygen atoms in total. The molecule has 0 saturated heterocycles. The lowest BCUT2D eigenvalue weighted by molar-refractivity contribution is -0.878. The third-order valence-electron chi connectivity index (χ3n) is 3.07. The number of amides is 1. The zero-order chi connectivity index (χ0) is 14.0. The molecule has 0 aliphatic heterocycles. The van der Waals surface area contributed by atoms with Crippen LogP contribution in [-0.2, 0) is 4.79 Å². The monoisotopic (exact) mass is 253 g/mol. The van der Waals surface area contributed by atoms with Crippen LogP contribution in [0.3, 0.4) is 0 Å². The molecular weight excluding hydrogens is 224 g/mol. The van der Waals surface area contributed by atoms with E-state index in [1.165, 1.54) is 19.3 Å². The van der Waals surface area contributed by atoms with E-state index in [0.717, 1.165) is 36.0 Å². The van der Waals surface area contributed by atoms with Crippen molar-refractivity contribution >= 4 is 5.91 Å². The minimum absolute atomic E-state index is 0.273. The molecule has 0 spiro atoms. The van der Waals surface area contributed by atoms with Gasteiger partial charge in [-0.05, 0) is 25.0 Å². The molecule has 0 aromatic carbocycles. The van der Waals surface area contributed by atoms with Crippen molar-refractivity contribution in [3.63, 3.8) is 0 Å². The van der Waals surface area contributed by atoms with E-state index in [1.54, 1.807) is 0 Å². The van der Waals surface area contributed by atoms with Gasteiger partial charge in [-0.15, -0.1) is 0 Å². The Morgan fingerprint density at radius 2 is 1.89 bits per heavy atom. The fourth-order valence-corrected chi connectivity index (χ4v) is 1.85. The van der Waals surface area contributed by atoms with Crippen molar-refractivity contribution in [2.24, 2.45) is 5.73 Å². The first-order valence-corrected chi connectivity index (χ1v) is 6.84. The maximum Gasteiger partial charge on any atom is 0.244 e. The molecule has 0 radical (unpaired) electrons. The standard InChI is InChI=1S/C15H28N2O/c1-5-7-8-9-10-14(15(16)18)11-13-17(3,4)12-6-2/h6,11H,2,5,7-10,12-13H2,1,3-4H3,(H-,16,18)/p+1. The summed E-state index contributed by atoms with van der Waals surface area (Å²) in [6.07, 6.45) is 9.37. The Labute approximate surface area is 112 Å². The molecule has 0 aromatic rings. The number of nitrogens with zero attached hydrogens (tertiary/aromatic N) is 1. The summed E-state index contributed by atoms with van der Waals surface area (Å²) in [4.78, 5) is 11.4. The highest BCUT2D eigenvalue weighted by molar-refractivity contribution is 5.91. The van der Waals surface area contributed by atoms with Crippen molar-refractivity contribution in [1.29, 1.82) is 0 Å². The van der Waals surface area contributed by atoms with Gasteiger partial charge >= 0.3 is 0 Å². The fraction of sp³-hybridized carbons (Fsp3) is 0.667. The fourth-order valence-electron chi connectivity index (χ4n) is 1.85. The summed E-state index contributed by atoms with van der Waals surface area (Å²) in [6.45, 7) is 7.64. The largest absolute Gasteiger partial charge is 0.366 e. The first-order chi connectivity index (χ1) is 8.43. The van der Waals surface area contributed by atoms with E-state index in [4.69, 9.17) is 5.73 Å². The van der Waals surface area contributed by atoms with Crippen molar-refractivity contribution in [2.45, 2.75) is 39.0 Å². The van der Waals surface area contributed by atoms with Gasteiger partial charge in [-0.25, -0.2) is 0 Å². The summed E-state index contributed by atoms with van der Waals surface area (Å²) in [5.74, 6) is -0.273. The zero-order valence-corrected chi connectivity index (χ0v) is 12.2. The average Bonchev–Trinajstić information content (AvgIpc) is 2.27. The third kappa shape index (κ3) is 8.07. The summed E-state index contributed by atoms with van der Waals surface area (Å²) in [6, 6.07) is 0. The first-order valence-electron chi connectivity index (χ1n) is 6.84. The van der Waals surface area contributed by atoms with E-state index in [-0.39, 0.29) is 5.91 Å². The smallest absolute Gasteiger partial charge is 0.244 e. The lowest BCUT2D eigenvalue weighted by Gasteiger charge is -2.27. The quantitative estimate of drug-likeness (QED) is 0.276. The van der Waals surface area contributed by atoms with Crippen LogP contribution in [0.15, 0.2) is 24.3 Å². The Morgan fingerprint density at radius 1 is 1.22 bits per heavy atom. The van der Waals surface area contributed by atoms with Crippen LogP contribution < -0.4 is 5.73 Å². The molecular formula is C15H29N2O+. The number of hydrogen-bond acceptors (Lipinski definition) is 1. The summed E-state index contributed by atoms with van der Waals surface area (Å²) >= 11 is 0. The Kier molecular flexibility index (Phi) is 8.38. The van der Waals surface area contributed by atoms with Gasteiger partial charge in [0.05, 0.1) is 27.2 Å². The summed E-state index contributed by atoms with van der Waals surface area (Å²) in [5, 5.41) is 0. The number of rotatable bonds is 10. The Hall–Kier alpha value is -1.09. The van der Waals surface area contributed by atoms with Crippen molar-refractivity contribution in [3.8, 4) is 0 Å².